The summed E-state index contributed by atoms with van der Waals surface area (Å²) in [6.07, 6.45) is 1.48. The van der Waals surface area contributed by atoms with Crippen molar-refractivity contribution in [3.63, 3.8) is 0 Å². The summed E-state index contributed by atoms with van der Waals surface area (Å²) in [5.41, 5.74) is 2.21. The zero-order chi connectivity index (χ0) is 11.1. The number of pyridine rings is 1. The van der Waals surface area contributed by atoms with E-state index >= 15 is 0 Å². The van der Waals surface area contributed by atoms with Crippen molar-refractivity contribution in [3.8, 4) is 5.75 Å². The van der Waals surface area contributed by atoms with Crippen LogP contribution in [0.15, 0.2) is 30.5 Å². The Balaban J connectivity index is 2.80. The molecule has 0 aliphatic heterocycles. The van der Waals surface area contributed by atoms with Crippen LogP contribution in [0.25, 0.3) is 10.9 Å². The third-order valence-corrected chi connectivity index (χ3v) is 2.52. The van der Waals surface area contributed by atoms with Gasteiger partial charge in [0.15, 0.2) is 0 Å². The van der Waals surface area contributed by atoms with E-state index in [2.05, 4.69) is 31.8 Å². The predicted octanol–water partition coefficient (Wildman–Crippen LogP) is 3.24. The molecule has 1 heterocycles. The van der Waals surface area contributed by atoms with Gasteiger partial charge in [0, 0.05) is 5.39 Å². The van der Waals surface area contributed by atoms with Gasteiger partial charge in [-0.2, -0.15) is 0 Å². The first-order valence-electron chi connectivity index (χ1n) is 5.07. The predicted molar refractivity (Wildman–Crippen MR) is 62.1 cm³/mol. The number of rotatable bonds is 0. The fourth-order valence-electron chi connectivity index (χ4n) is 1.79. The molecule has 0 atom stereocenters. The van der Waals surface area contributed by atoms with E-state index < -0.39 is 0 Å². The van der Waals surface area contributed by atoms with Crippen molar-refractivity contribution in [2.24, 2.45) is 0 Å². The van der Waals surface area contributed by atoms with Gasteiger partial charge in [-0.25, -0.2) is 0 Å². The number of hydrogen-bond donors (Lipinski definition) is 1. The molecule has 0 saturated heterocycles. The Morgan fingerprint density at radius 1 is 1.20 bits per heavy atom. The first-order chi connectivity index (χ1) is 6.98. The highest BCUT2D eigenvalue weighted by molar-refractivity contribution is 5.84. The smallest absolute Gasteiger partial charge is 0.134 e. The third-order valence-electron chi connectivity index (χ3n) is 2.52. The van der Waals surface area contributed by atoms with Crippen LogP contribution >= 0.6 is 0 Å². The molecule has 78 valence electrons. The zero-order valence-corrected chi connectivity index (χ0v) is 9.28. The lowest BCUT2D eigenvalue weighted by atomic mass is 9.84. The molecule has 0 amide bonds. The van der Waals surface area contributed by atoms with E-state index in [0.29, 0.717) is 0 Å². The monoisotopic (exact) mass is 201 g/mol. The number of fused-ring (bicyclic) bond motifs is 1. The number of aromatic nitrogens is 1. The summed E-state index contributed by atoms with van der Waals surface area (Å²) < 4.78 is 0. The van der Waals surface area contributed by atoms with Crippen molar-refractivity contribution in [3.05, 3.63) is 36.0 Å². The molecule has 2 nitrogen and oxygen atoms in total. The molecule has 1 aromatic carbocycles. The molecule has 0 saturated carbocycles. The van der Waals surface area contributed by atoms with E-state index in [4.69, 9.17) is 0 Å². The van der Waals surface area contributed by atoms with E-state index in [1.165, 1.54) is 11.8 Å². The van der Waals surface area contributed by atoms with Gasteiger partial charge in [0.25, 0.3) is 0 Å². The molecule has 0 radical (unpaired) electrons. The molecule has 0 aliphatic rings. The van der Waals surface area contributed by atoms with Crippen molar-refractivity contribution in [2.45, 2.75) is 26.2 Å². The second-order valence-electron chi connectivity index (χ2n) is 4.82. The first kappa shape index (κ1) is 9.97. The lowest BCUT2D eigenvalue weighted by Crippen LogP contribution is -2.11. The Bertz CT molecular complexity index is 497. The fourth-order valence-corrected chi connectivity index (χ4v) is 1.79. The van der Waals surface area contributed by atoms with Gasteiger partial charge in [-0.05, 0) is 23.1 Å². The second-order valence-corrected chi connectivity index (χ2v) is 4.82. The average molecular weight is 201 g/mol. The highest BCUT2D eigenvalue weighted by Crippen LogP contribution is 2.30. The number of nitrogens with zero attached hydrogens (tertiary/aromatic N) is 1. The van der Waals surface area contributed by atoms with E-state index in [1.807, 2.05) is 12.1 Å². The van der Waals surface area contributed by atoms with Gasteiger partial charge in [-0.1, -0.05) is 32.9 Å². The SMILES string of the molecule is CC(C)(C)c1cccc2ncc(O)cc12. The molecule has 0 aliphatic carbocycles. The summed E-state index contributed by atoms with van der Waals surface area (Å²) in [5.74, 6) is 0.221. The van der Waals surface area contributed by atoms with E-state index in [-0.39, 0.29) is 11.2 Å². The van der Waals surface area contributed by atoms with Crippen LogP contribution in [0.5, 0.6) is 5.75 Å². The molecule has 0 unspecified atom stereocenters. The largest absolute Gasteiger partial charge is 0.506 e. The summed E-state index contributed by atoms with van der Waals surface area (Å²) in [4.78, 5) is 4.20. The molecule has 0 spiro atoms. The summed E-state index contributed by atoms with van der Waals surface area (Å²) >= 11 is 0. The Kier molecular flexibility index (Phi) is 2.14. The van der Waals surface area contributed by atoms with E-state index in [0.717, 1.165) is 10.9 Å². The van der Waals surface area contributed by atoms with Gasteiger partial charge in [0.05, 0.1) is 11.7 Å². The van der Waals surface area contributed by atoms with Gasteiger partial charge in [-0.3, -0.25) is 4.98 Å². The van der Waals surface area contributed by atoms with Crippen LogP contribution < -0.4 is 0 Å². The van der Waals surface area contributed by atoms with Gasteiger partial charge >= 0.3 is 0 Å². The lowest BCUT2D eigenvalue weighted by Gasteiger charge is -2.20. The van der Waals surface area contributed by atoms with Gasteiger partial charge in [0.1, 0.15) is 5.75 Å². The van der Waals surface area contributed by atoms with Gasteiger partial charge in [0.2, 0.25) is 0 Å². The molecule has 1 aromatic heterocycles. The molecule has 2 heteroatoms. The van der Waals surface area contributed by atoms with Crippen LogP contribution in [0.3, 0.4) is 0 Å². The van der Waals surface area contributed by atoms with Crippen LogP contribution in [-0.4, -0.2) is 10.1 Å². The minimum atomic E-state index is 0.0645. The molecule has 15 heavy (non-hydrogen) atoms. The summed E-state index contributed by atoms with van der Waals surface area (Å²) in [6.45, 7) is 6.48. The van der Waals surface area contributed by atoms with Crippen molar-refractivity contribution in [1.29, 1.82) is 0 Å². The van der Waals surface area contributed by atoms with Crippen LogP contribution in [0.2, 0.25) is 0 Å². The minimum absolute atomic E-state index is 0.0645. The molecule has 2 rings (SSSR count). The Hall–Kier alpha value is -1.57. The van der Waals surface area contributed by atoms with Crippen molar-refractivity contribution >= 4 is 10.9 Å². The minimum Gasteiger partial charge on any atom is -0.506 e. The van der Waals surface area contributed by atoms with E-state index in [1.54, 1.807) is 6.07 Å². The van der Waals surface area contributed by atoms with Crippen molar-refractivity contribution < 1.29 is 5.11 Å². The maximum absolute atomic E-state index is 9.46. The lowest BCUT2D eigenvalue weighted by molar-refractivity contribution is 0.473. The molecule has 0 bridgehead atoms. The summed E-state index contributed by atoms with van der Waals surface area (Å²) in [6, 6.07) is 7.84. The third kappa shape index (κ3) is 1.80. The molecule has 0 fully saturated rings. The van der Waals surface area contributed by atoms with E-state index in [9.17, 15) is 5.11 Å². The Morgan fingerprint density at radius 3 is 2.60 bits per heavy atom. The van der Waals surface area contributed by atoms with Crippen LogP contribution in [0, 0.1) is 0 Å². The summed E-state index contributed by atoms with van der Waals surface area (Å²) in [7, 11) is 0. The second kappa shape index (κ2) is 3.23. The number of benzene rings is 1. The van der Waals surface area contributed by atoms with Gasteiger partial charge in [-0.15, -0.1) is 0 Å². The molecular formula is C13H15NO. The fraction of sp³-hybridized carbons (Fsp3) is 0.308. The first-order valence-corrected chi connectivity index (χ1v) is 5.07. The van der Waals surface area contributed by atoms with Crippen molar-refractivity contribution in [2.75, 3.05) is 0 Å². The Labute approximate surface area is 89.6 Å². The maximum atomic E-state index is 9.46. The highest BCUT2D eigenvalue weighted by atomic mass is 16.3. The van der Waals surface area contributed by atoms with Crippen LogP contribution in [-0.2, 0) is 5.41 Å². The van der Waals surface area contributed by atoms with Crippen LogP contribution in [0.4, 0.5) is 0 Å². The molecule has 1 N–H and O–H groups in total. The molecule has 2 aromatic rings. The normalized spacial score (nSPS) is 11.9. The van der Waals surface area contributed by atoms with Crippen molar-refractivity contribution in [1.82, 2.24) is 4.98 Å². The molecular weight excluding hydrogens is 186 g/mol. The average Bonchev–Trinajstić information content (AvgIpc) is 2.15. The standard InChI is InChI=1S/C13H15NO/c1-13(2,3)11-5-4-6-12-10(11)7-9(15)8-14-12/h4-8,15H,1-3H3. The zero-order valence-electron chi connectivity index (χ0n) is 9.28. The van der Waals surface area contributed by atoms with Gasteiger partial charge < -0.3 is 5.11 Å². The Morgan fingerprint density at radius 2 is 1.93 bits per heavy atom. The number of hydrogen-bond acceptors (Lipinski definition) is 2. The quantitative estimate of drug-likeness (QED) is 0.709. The topological polar surface area (TPSA) is 33.1 Å². The van der Waals surface area contributed by atoms with Crippen LogP contribution in [0.1, 0.15) is 26.3 Å². The summed E-state index contributed by atoms with van der Waals surface area (Å²) in [5, 5.41) is 10.5. The maximum Gasteiger partial charge on any atom is 0.134 e. The highest BCUT2D eigenvalue weighted by Gasteiger charge is 2.16. The number of aromatic hydroxyl groups is 1.